The minimum atomic E-state index is -0.312. The van der Waals surface area contributed by atoms with E-state index in [0.29, 0.717) is 6.61 Å². The van der Waals surface area contributed by atoms with Gasteiger partial charge in [-0.25, -0.2) is 4.79 Å². The van der Waals surface area contributed by atoms with Gasteiger partial charge in [-0.1, -0.05) is 44.7 Å². The molecular formula is C16H24O2S. The SMILES string of the molecule is C=CC(=O)OCCCCCCCCCc1cccs1. The standard InChI is InChI=1S/C16H24O2S/c1-2-16(17)18-13-9-7-5-3-4-6-8-11-15-12-10-14-19-15/h2,10,12,14H,1,3-9,11,13H2. The highest BCUT2D eigenvalue weighted by Gasteiger charge is 1.96. The normalized spacial score (nSPS) is 10.3. The molecule has 0 amide bonds. The van der Waals surface area contributed by atoms with Crippen LogP contribution in [0.3, 0.4) is 0 Å². The van der Waals surface area contributed by atoms with Crippen molar-refractivity contribution in [3.8, 4) is 0 Å². The van der Waals surface area contributed by atoms with Gasteiger partial charge < -0.3 is 4.74 Å². The first-order chi connectivity index (χ1) is 9.33. The van der Waals surface area contributed by atoms with Gasteiger partial charge >= 0.3 is 5.97 Å². The summed E-state index contributed by atoms with van der Waals surface area (Å²) in [5, 5.41) is 2.15. The van der Waals surface area contributed by atoms with Crippen molar-refractivity contribution in [1.82, 2.24) is 0 Å². The summed E-state index contributed by atoms with van der Waals surface area (Å²) in [7, 11) is 0. The summed E-state index contributed by atoms with van der Waals surface area (Å²) in [6.07, 6.45) is 11.0. The smallest absolute Gasteiger partial charge is 0.330 e. The maximum absolute atomic E-state index is 10.8. The molecule has 0 N–H and O–H groups in total. The second kappa shape index (κ2) is 10.8. The molecule has 0 radical (unpaired) electrons. The van der Waals surface area contributed by atoms with Gasteiger partial charge in [-0.05, 0) is 30.7 Å². The van der Waals surface area contributed by atoms with E-state index in [4.69, 9.17) is 4.74 Å². The second-order valence-electron chi connectivity index (χ2n) is 4.68. The van der Waals surface area contributed by atoms with Crippen LogP contribution in [-0.2, 0) is 16.0 Å². The van der Waals surface area contributed by atoms with Gasteiger partial charge in [0.05, 0.1) is 6.61 Å². The predicted molar refractivity (Wildman–Crippen MR) is 81.5 cm³/mol. The molecule has 0 unspecified atom stereocenters. The zero-order valence-electron chi connectivity index (χ0n) is 11.6. The van der Waals surface area contributed by atoms with Crippen molar-refractivity contribution in [2.45, 2.75) is 51.4 Å². The molecule has 2 nitrogen and oxygen atoms in total. The van der Waals surface area contributed by atoms with Gasteiger partial charge in [0.15, 0.2) is 0 Å². The number of hydrogen-bond donors (Lipinski definition) is 0. The van der Waals surface area contributed by atoms with Gasteiger partial charge in [-0.3, -0.25) is 0 Å². The van der Waals surface area contributed by atoms with Crippen molar-refractivity contribution >= 4 is 17.3 Å². The first kappa shape index (κ1) is 16.0. The Morgan fingerprint density at radius 2 is 1.84 bits per heavy atom. The zero-order chi connectivity index (χ0) is 13.8. The van der Waals surface area contributed by atoms with Crippen LogP contribution >= 0.6 is 11.3 Å². The van der Waals surface area contributed by atoms with Gasteiger partial charge in [0, 0.05) is 11.0 Å². The molecule has 0 aromatic carbocycles. The van der Waals surface area contributed by atoms with Gasteiger partial charge in [-0.2, -0.15) is 0 Å². The summed E-state index contributed by atoms with van der Waals surface area (Å²) >= 11 is 1.86. The third-order valence-electron chi connectivity index (χ3n) is 3.06. The monoisotopic (exact) mass is 280 g/mol. The lowest BCUT2D eigenvalue weighted by Gasteiger charge is -2.03. The highest BCUT2D eigenvalue weighted by atomic mass is 32.1. The van der Waals surface area contributed by atoms with Gasteiger partial charge in [-0.15, -0.1) is 11.3 Å². The van der Waals surface area contributed by atoms with E-state index in [0.717, 1.165) is 12.8 Å². The fraction of sp³-hybridized carbons (Fsp3) is 0.562. The molecule has 1 aromatic heterocycles. The number of thiophene rings is 1. The molecule has 19 heavy (non-hydrogen) atoms. The van der Waals surface area contributed by atoms with Crippen molar-refractivity contribution in [2.75, 3.05) is 6.61 Å². The van der Waals surface area contributed by atoms with Crippen molar-refractivity contribution < 1.29 is 9.53 Å². The number of rotatable bonds is 11. The number of ether oxygens (including phenoxy) is 1. The second-order valence-corrected chi connectivity index (χ2v) is 5.71. The Labute approximate surface area is 120 Å². The lowest BCUT2D eigenvalue weighted by molar-refractivity contribution is -0.137. The van der Waals surface area contributed by atoms with Crippen LogP contribution in [0.15, 0.2) is 30.2 Å². The number of esters is 1. The van der Waals surface area contributed by atoms with E-state index in [1.807, 2.05) is 11.3 Å². The molecule has 106 valence electrons. The highest BCUT2D eigenvalue weighted by Crippen LogP contribution is 2.14. The zero-order valence-corrected chi connectivity index (χ0v) is 12.4. The largest absolute Gasteiger partial charge is 0.463 e. The lowest BCUT2D eigenvalue weighted by atomic mass is 10.1. The van der Waals surface area contributed by atoms with E-state index in [-0.39, 0.29) is 5.97 Å². The van der Waals surface area contributed by atoms with Crippen LogP contribution in [0.1, 0.15) is 49.8 Å². The molecule has 1 heterocycles. The maximum Gasteiger partial charge on any atom is 0.330 e. The van der Waals surface area contributed by atoms with Crippen LogP contribution in [0.4, 0.5) is 0 Å². The van der Waals surface area contributed by atoms with E-state index in [2.05, 4.69) is 24.1 Å². The molecule has 0 saturated carbocycles. The molecule has 0 atom stereocenters. The molecule has 3 heteroatoms. The minimum Gasteiger partial charge on any atom is -0.463 e. The van der Waals surface area contributed by atoms with Gasteiger partial charge in [0.1, 0.15) is 0 Å². The quantitative estimate of drug-likeness (QED) is 0.332. The molecule has 0 bridgehead atoms. The molecule has 0 aliphatic carbocycles. The third-order valence-corrected chi connectivity index (χ3v) is 3.99. The topological polar surface area (TPSA) is 26.3 Å². The van der Waals surface area contributed by atoms with Crippen LogP contribution in [0.5, 0.6) is 0 Å². The summed E-state index contributed by atoms with van der Waals surface area (Å²) in [5.41, 5.74) is 0. The van der Waals surface area contributed by atoms with Crippen LogP contribution < -0.4 is 0 Å². The molecule has 1 aromatic rings. The number of aryl methyl sites for hydroxylation is 1. The van der Waals surface area contributed by atoms with Crippen LogP contribution in [0.2, 0.25) is 0 Å². The molecule has 1 rings (SSSR count). The highest BCUT2D eigenvalue weighted by molar-refractivity contribution is 7.09. The number of unbranched alkanes of at least 4 members (excludes halogenated alkanes) is 6. The Kier molecular flexibility index (Phi) is 9.07. The van der Waals surface area contributed by atoms with E-state index in [1.54, 1.807) is 0 Å². The number of carbonyl (C=O) groups is 1. The average Bonchev–Trinajstić information content (AvgIpc) is 2.93. The van der Waals surface area contributed by atoms with Crippen LogP contribution in [0.25, 0.3) is 0 Å². The fourth-order valence-corrected chi connectivity index (χ4v) is 2.72. The first-order valence-electron chi connectivity index (χ1n) is 7.14. The summed E-state index contributed by atoms with van der Waals surface area (Å²) in [4.78, 5) is 12.3. The lowest BCUT2D eigenvalue weighted by Crippen LogP contribution is -2.01. The number of hydrogen-bond acceptors (Lipinski definition) is 3. The van der Waals surface area contributed by atoms with Gasteiger partial charge in [0.2, 0.25) is 0 Å². The molecule has 0 fully saturated rings. The van der Waals surface area contributed by atoms with Crippen LogP contribution in [0, 0.1) is 0 Å². The molecule has 0 saturated heterocycles. The summed E-state index contributed by atoms with van der Waals surface area (Å²) in [5.74, 6) is -0.312. The maximum atomic E-state index is 10.8. The summed E-state index contributed by atoms with van der Waals surface area (Å²) in [6, 6.07) is 4.34. The molecular weight excluding hydrogens is 256 g/mol. The Morgan fingerprint density at radius 1 is 1.16 bits per heavy atom. The van der Waals surface area contributed by atoms with Crippen molar-refractivity contribution in [2.24, 2.45) is 0 Å². The van der Waals surface area contributed by atoms with E-state index >= 15 is 0 Å². The number of carbonyl (C=O) groups excluding carboxylic acids is 1. The Bertz CT molecular complexity index is 344. The Balaban J connectivity index is 1.79. The fourth-order valence-electron chi connectivity index (χ4n) is 1.97. The molecule has 0 aliphatic rings. The summed E-state index contributed by atoms with van der Waals surface area (Å²) in [6.45, 7) is 3.89. The van der Waals surface area contributed by atoms with Crippen molar-refractivity contribution in [3.63, 3.8) is 0 Å². The summed E-state index contributed by atoms with van der Waals surface area (Å²) < 4.78 is 4.92. The van der Waals surface area contributed by atoms with Crippen molar-refractivity contribution in [3.05, 3.63) is 35.0 Å². The van der Waals surface area contributed by atoms with E-state index < -0.39 is 0 Å². The minimum absolute atomic E-state index is 0.312. The van der Waals surface area contributed by atoms with E-state index in [9.17, 15) is 4.79 Å². The van der Waals surface area contributed by atoms with Crippen LogP contribution in [-0.4, -0.2) is 12.6 Å². The molecule has 0 spiro atoms. The van der Waals surface area contributed by atoms with Gasteiger partial charge in [0.25, 0.3) is 0 Å². The van der Waals surface area contributed by atoms with E-state index in [1.165, 1.54) is 49.5 Å². The molecule has 0 aliphatic heterocycles. The predicted octanol–water partition coefficient (Wildman–Crippen LogP) is 4.75. The Hall–Kier alpha value is -1.09. The Morgan fingerprint density at radius 3 is 2.47 bits per heavy atom. The first-order valence-corrected chi connectivity index (χ1v) is 8.02. The average molecular weight is 280 g/mol. The third kappa shape index (κ3) is 8.60. The van der Waals surface area contributed by atoms with Crippen molar-refractivity contribution in [1.29, 1.82) is 0 Å².